The number of nitrogens with one attached hydrogen (secondary N) is 2. The number of halogens is 2. The zero-order valence-electron chi connectivity index (χ0n) is 11.1. The molecule has 0 aliphatic carbocycles. The first kappa shape index (κ1) is 17.0. The first-order valence-electron chi connectivity index (χ1n) is 5.88. The van der Waals surface area contributed by atoms with Crippen molar-refractivity contribution in [2.75, 3.05) is 23.9 Å². The fourth-order valence-corrected chi connectivity index (χ4v) is 2.02. The average molecular weight is 320 g/mol. The van der Waals surface area contributed by atoms with Crippen LogP contribution < -0.4 is 10.6 Å². The van der Waals surface area contributed by atoms with Gasteiger partial charge in [-0.25, -0.2) is 18.4 Å². The van der Waals surface area contributed by atoms with Crippen molar-refractivity contribution in [3.8, 4) is 0 Å². The molecular weight excluding hydrogens is 306 g/mol. The molecule has 1 atom stereocenters. The van der Waals surface area contributed by atoms with E-state index in [1.807, 2.05) is 0 Å². The van der Waals surface area contributed by atoms with Gasteiger partial charge < -0.3 is 15.7 Å². The molecule has 2 amide bonds. The molecule has 0 spiro atoms. The van der Waals surface area contributed by atoms with E-state index in [-0.39, 0.29) is 12.2 Å². The van der Waals surface area contributed by atoms with Crippen molar-refractivity contribution < 1.29 is 27.7 Å². The van der Waals surface area contributed by atoms with E-state index in [4.69, 9.17) is 5.11 Å². The molecule has 116 valence electrons. The molecule has 9 heteroatoms. The molecule has 0 heterocycles. The monoisotopic (exact) mass is 320 g/mol. The Morgan fingerprint density at radius 2 is 1.90 bits per heavy atom. The highest BCUT2D eigenvalue weighted by Crippen LogP contribution is 2.20. The number of rotatable bonds is 6. The molecule has 21 heavy (non-hydrogen) atoms. The maximum absolute atomic E-state index is 13.1. The lowest BCUT2D eigenvalue weighted by Crippen LogP contribution is -2.30. The smallest absolute Gasteiger partial charge is 0.337 e. The van der Waals surface area contributed by atoms with Crippen LogP contribution >= 0.6 is 0 Å². The molecule has 0 aliphatic rings. The van der Waals surface area contributed by atoms with Crippen LogP contribution in [0.15, 0.2) is 12.1 Å². The summed E-state index contributed by atoms with van der Waals surface area (Å²) in [6, 6.07) is 0.331. The molecule has 0 radical (unpaired) electrons. The highest BCUT2D eigenvalue weighted by Gasteiger charge is 2.16. The van der Waals surface area contributed by atoms with E-state index in [0.717, 1.165) is 0 Å². The van der Waals surface area contributed by atoms with Gasteiger partial charge in [0.2, 0.25) is 0 Å². The normalized spacial score (nSPS) is 11.8. The molecule has 0 fully saturated rings. The van der Waals surface area contributed by atoms with Gasteiger partial charge in [-0.1, -0.05) is 0 Å². The minimum atomic E-state index is -1.49. The lowest BCUT2D eigenvalue weighted by Gasteiger charge is -2.10. The molecule has 0 saturated heterocycles. The number of carbonyl (C=O) groups is 2. The Morgan fingerprint density at radius 3 is 2.48 bits per heavy atom. The summed E-state index contributed by atoms with van der Waals surface area (Å²) in [4.78, 5) is 22.4. The van der Waals surface area contributed by atoms with Gasteiger partial charge in [-0.2, -0.15) is 0 Å². The summed E-state index contributed by atoms with van der Waals surface area (Å²) in [5.74, 6) is -3.67. The topological polar surface area (TPSA) is 95.5 Å². The van der Waals surface area contributed by atoms with Gasteiger partial charge in [0.15, 0.2) is 11.6 Å². The van der Waals surface area contributed by atoms with Gasteiger partial charge in [0.05, 0.1) is 11.3 Å². The van der Waals surface area contributed by atoms with E-state index >= 15 is 0 Å². The van der Waals surface area contributed by atoms with Crippen LogP contribution in [0.4, 0.5) is 19.3 Å². The summed E-state index contributed by atoms with van der Waals surface area (Å²) in [5, 5.41) is 13.4. The highest BCUT2D eigenvalue weighted by molar-refractivity contribution is 7.84. The molecule has 1 unspecified atom stereocenters. The van der Waals surface area contributed by atoms with Gasteiger partial charge in [-0.15, -0.1) is 0 Å². The average Bonchev–Trinajstić information content (AvgIpc) is 2.38. The maximum atomic E-state index is 13.1. The summed E-state index contributed by atoms with van der Waals surface area (Å²) >= 11 is 0. The molecule has 0 bridgehead atoms. The van der Waals surface area contributed by atoms with Gasteiger partial charge in [0.1, 0.15) is 0 Å². The molecule has 1 rings (SSSR count). The van der Waals surface area contributed by atoms with Gasteiger partial charge in [-0.05, 0) is 12.5 Å². The second kappa shape index (κ2) is 7.67. The zero-order chi connectivity index (χ0) is 16.0. The Labute approximate surface area is 122 Å². The predicted molar refractivity (Wildman–Crippen MR) is 73.9 cm³/mol. The van der Waals surface area contributed by atoms with Crippen molar-refractivity contribution in [1.82, 2.24) is 5.32 Å². The van der Waals surface area contributed by atoms with E-state index in [9.17, 15) is 22.6 Å². The van der Waals surface area contributed by atoms with Crippen LogP contribution in [0.25, 0.3) is 0 Å². The third-order valence-electron chi connectivity index (χ3n) is 2.43. The van der Waals surface area contributed by atoms with E-state index in [2.05, 4.69) is 10.6 Å². The predicted octanol–water partition coefficient (Wildman–Crippen LogP) is 1.55. The second-order valence-corrected chi connectivity index (χ2v) is 5.68. The van der Waals surface area contributed by atoms with Crippen LogP contribution in [-0.4, -0.2) is 39.9 Å². The van der Waals surface area contributed by atoms with Crippen molar-refractivity contribution in [1.29, 1.82) is 0 Å². The third kappa shape index (κ3) is 5.46. The number of hydrogen-bond acceptors (Lipinski definition) is 3. The molecule has 3 N–H and O–H groups in total. The zero-order valence-corrected chi connectivity index (χ0v) is 11.9. The number of aromatic carboxylic acids is 1. The van der Waals surface area contributed by atoms with Crippen molar-refractivity contribution in [3.05, 3.63) is 29.3 Å². The number of benzene rings is 1. The number of amides is 2. The Kier molecular flexibility index (Phi) is 6.22. The minimum Gasteiger partial charge on any atom is -0.478 e. The number of carbonyl (C=O) groups excluding carboxylic acids is 1. The van der Waals surface area contributed by atoms with E-state index in [1.165, 1.54) is 6.26 Å². The molecule has 1 aromatic rings. The second-order valence-electron chi connectivity index (χ2n) is 4.13. The van der Waals surface area contributed by atoms with Crippen molar-refractivity contribution in [2.24, 2.45) is 0 Å². The quantitative estimate of drug-likeness (QED) is 0.693. The van der Waals surface area contributed by atoms with E-state index in [1.54, 1.807) is 0 Å². The number of anilines is 1. The standard InChI is InChI=1S/C12H14F2N2O4S/c1-21(20)4-2-3-15-12(19)16-10-6-9(14)8(13)5-7(10)11(17)18/h5-6H,2-4H2,1H3,(H,17,18)(H2,15,16,19). The summed E-state index contributed by atoms with van der Waals surface area (Å²) in [5.41, 5.74) is -0.906. The number of hydrogen-bond donors (Lipinski definition) is 3. The summed E-state index contributed by atoms with van der Waals surface area (Å²) < 4.78 is 36.9. The Bertz CT molecular complexity index is 581. The Morgan fingerprint density at radius 1 is 1.29 bits per heavy atom. The van der Waals surface area contributed by atoms with Gasteiger partial charge in [0, 0.05) is 35.4 Å². The fraction of sp³-hybridized carbons (Fsp3) is 0.333. The van der Waals surface area contributed by atoms with Crippen LogP contribution in [0.1, 0.15) is 16.8 Å². The molecule has 1 aromatic carbocycles. The lowest BCUT2D eigenvalue weighted by atomic mass is 10.1. The number of carboxylic acid groups (broad SMARTS) is 1. The molecule has 0 aliphatic heterocycles. The van der Waals surface area contributed by atoms with Crippen LogP contribution in [0, 0.1) is 11.6 Å². The number of urea groups is 1. The Hall–Kier alpha value is -2.03. The molecule has 0 saturated carbocycles. The van der Waals surface area contributed by atoms with Crippen molar-refractivity contribution in [3.63, 3.8) is 0 Å². The van der Waals surface area contributed by atoms with Crippen molar-refractivity contribution in [2.45, 2.75) is 6.42 Å². The van der Waals surface area contributed by atoms with Crippen LogP contribution in [0.2, 0.25) is 0 Å². The lowest BCUT2D eigenvalue weighted by molar-refractivity contribution is 0.0697. The SMILES string of the molecule is CS(=O)CCCNC(=O)Nc1cc(F)c(F)cc1C(=O)O. The third-order valence-corrected chi connectivity index (χ3v) is 3.30. The van der Waals surface area contributed by atoms with Gasteiger partial charge in [-0.3, -0.25) is 4.21 Å². The summed E-state index contributed by atoms with van der Waals surface area (Å²) in [6.45, 7) is 0.220. The van der Waals surface area contributed by atoms with Crippen LogP contribution in [-0.2, 0) is 10.8 Å². The van der Waals surface area contributed by atoms with Gasteiger partial charge in [0.25, 0.3) is 0 Å². The summed E-state index contributed by atoms with van der Waals surface area (Å²) in [7, 11) is -0.974. The van der Waals surface area contributed by atoms with Crippen LogP contribution in [0.5, 0.6) is 0 Å². The maximum Gasteiger partial charge on any atom is 0.337 e. The van der Waals surface area contributed by atoms with Crippen LogP contribution in [0.3, 0.4) is 0 Å². The van der Waals surface area contributed by atoms with E-state index in [0.29, 0.717) is 24.3 Å². The van der Waals surface area contributed by atoms with Gasteiger partial charge >= 0.3 is 12.0 Å². The van der Waals surface area contributed by atoms with Crippen molar-refractivity contribution >= 4 is 28.5 Å². The fourth-order valence-electron chi connectivity index (χ4n) is 1.47. The summed E-state index contributed by atoms with van der Waals surface area (Å²) in [6.07, 6.45) is 2.00. The number of carboxylic acids is 1. The molecular formula is C12H14F2N2O4S. The Balaban J connectivity index is 2.69. The first-order valence-corrected chi connectivity index (χ1v) is 7.61. The molecule has 6 nitrogen and oxygen atoms in total. The first-order chi connectivity index (χ1) is 9.81. The minimum absolute atomic E-state index is 0.220. The van der Waals surface area contributed by atoms with E-state index < -0.39 is 40.0 Å². The molecule has 0 aromatic heterocycles. The highest BCUT2D eigenvalue weighted by atomic mass is 32.2. The largest absolute Gasteiger partial charge is 0.478 e.